The van der Waals surface area contributed by atoms with Gasteiger partial charge in [0.2, 0.25) is 11.8 Å². The second kappa shape index (κ2) is 9.50. The van der Waals surface area contributed by atoms with Crippen LogP contribution in [0.2, 0.25) is 5.02 Å². The number of hydrogen-bond acceptors (Lipinski definition) is 4. The Hall–Kier alpha value is -1.63. The van der Waals surface area contributed by atoms with E-state index in [2.05, 4.69) is 15.5 Å². The van der Waals surface area contributed by atoms with E-state index in [0.717, 1.165) is 38.4 Å². The number of amides is 2. The average Bonchev–Trinajstić information content (AvgIpc) is 2.55. The smallest absolute Gasteiger partial charge is 0.229 e. The molecule has 1 heterocycles. The van der Waals surface area contributed by atoms with Crippen molar-refractivity contribution in [2.75, 3.05) is 39.4 Å². The summed E-state index contributed by atoms with van der Waals surface area (Å²) in [5.41, 5.74) is 0.940. The first-order valence-electron chi connectivity index (χ1n) is 7.71. The Morgan fingerprint density at radius 3 is 2.43 bits per heavy atom. The Morgan fingerprint density at radius 1 is 1.09 bits per heavy atom. The van der Waals surface area contributed by atoms with E-state index < -0.39 is 0 Å². The number of nitrogens with one attached hydrogen (secondary N) is 2. The van der Waals surface area contributed by atoms with Gasteiger partial charge in [0.05, 0.1) is 13.2 Å². The fourth-order valence-electron chi connectivity index (χ4n) is 2.25. The van der Waals surface area contributed by atoms with Gasteiger partial charge in [-0.2, -0.15) is 0 Å². The summed E-state index contributed by atoms with van der Waals surface area (Å²) in [4.78, 5) is 25.7. The van der Waals surface area contributed by atoms with Crippen molar-refractivity contribution in [3.63, 3.8) is 0 Å². The highest BCUT2D eigenvalue weighted by Gasteiger charge is 2.12. The summed E-state index contributed by atoms with van der Waals surface area (Å²) in [6, 6.07) is 7.21. The van der Waals surface area contributed by atoms with Gasteiger partial charge in [-0.3, -0.25) is 14.5 Å². The zero-order valence-electron chi connectivity index (χ0n) is 13.0. The van der Waals surface area contributed by atoms with Crippen LogP contribution in [0, 0.1) is 0 Å². The lowest BCUT2D eigenvalue weighted by atomic mass is 10.2. The Morgan fingerprint density at radius 2 is 1.74 bits per heavy atom. The normalized spacial score (nSPS) is 15.2. The number of carbonyl (C=O) groups is 2. The van der Waals surface area contributed by atoms with Gasteiger partial charge in [-0.25, -0.2) is 0 Å². The molecule has 0 unspecified atom stereocenters. The molecule has 0 radical (unpaired) electrons. The molecule has 0 saturated carbocycles. The van der Waals surface area contributed by atoms with E-state index in [4.69, 9.17) is 16.3 Å². The van der Waals surface area contributed by atoms with Gasteiger partial charge in [0.1, 0.15) is 6.42 Å². The molecule has 126 valence electrons. The Labute approximate surface area is 141 Å². The third kappa shape index (κ3) is 6.99. The molecule has 2 N–H and O–H groups in total. The maximum absolute atomic E-state index is 11.7. The van der Waals surface area contributed by atoms with Crippen LogP contribution in [-0.2, 0) is 20.9 Å². The standard InChI is InChI=1S/C16H22ClN3O3/c17-14-3-1-13(2-4-14)12-19-16(22)11-15(21)18-5-6-20-7-9-23-10-8-20/h1-4H,5-12H2,(H,18,21)(H,19,22). The topological polar surface area (TPSA) is 70.7 Å². The monoisotopic (exact) mass is 339 g/mol. The van der Waals surface area contributed by atoms with Crippen LogP contribution in [0.15, 0.2) is 24.3 Å². The van der Waals surface area contributed by atoms with Crippen LogP contribution in [0.3, 0.4) is 0 Å². The third-order valence-electron chi connectivity index (χ3n) is 3.58. The first kappa shape index (κ1) is 17.7. The summed E-state index contributed by atoms with van der Waals surface area (Å²) in [6.07, 6.45) is -0.156. The van der Waals surface area contributed by atoms with E-state index in [1.807, 2.05) is 12.1 Å². The third-order valence-corrected chi connectivity index (χ3v) is 3.83. The fraction of sp³-hybridized carbons (Fsp3) is 0.500. The van der Waals surface area contributed by atoms with E-state index >= 15 is 0 Å². The number of hydrogen-bond donors (Lipinski definition) is 2. The molecule has 1 aromatic rings. The number of ether oxygens (including phenoxy) is 1. The second-order valence-corrected chi connectivity index (χ2v) is 5.82. The van der Waals surface area contributed by atoms with Crippen LogP contribution in [0.5, 0.6) is 0 Å². The highest BCUT2D eigenvalue weighted by atomic mass is 35.5. The van der Waals surface area contributed by atoms with Gasteiger partial charge in [0, 0.05) is 37.7 Å². The van der Waals surface area contributed by atoms with Crippen molar-refractivity contribution in [3.05, 3.63) is 34.9 Å². The van der Waals surface area contributed by atoms with Crippen LogP contribution >= 0.6 is 11.6 Å². The van der Waals surface area contributed by atoms with Crippen molar-refractivity contribution in [1.82, 2.24) is 15.5 Å². The SMILES string of the molecule is O=C(CC(=O)NCc1ccc(Cl)cc1)NCCN1CCOCC1. The van der Waals surface area contributed by atoms with Crippen molar-refractivity contribution < 1.29 is 14.3 Å². The van der Waals surface area contributed by atoms with Crippen LogP contribution in [0.25, 0.3) is 0 Å². The molecule has 0 spiro atoms. The van der Waals surface area contributed by atoms with E-state index in [9.17, 15) is 9.59 Å². The molecular weight excluding hydrogens is 318 g/mol. The minimum Gasteiger partial charge on any atom is -0.379 e. The molecule has 7 heteroatoms. The highest BCUT2D eigenvalue weighted by Crippen LogP contribution is 2.09. The molecule has 2 rings (SSSR count). The molecule has 1 aliphatic heterocycles. The predicted octanol–water partition coefficient (Wildman–Crippen LogP) is 0.795. The average molecular weight is 340 g/mol. The summed E-state index contributed by atoms with van der Waals surface area (Å²) >= 11 is 5.80. The molecule has 1 aliphatic rings. The summed E-state index contributed by atoms with van der Waals surface area (Å²) in [5.74, 6) is -0.546. The molecule has 6 nitrogen and oxygen atoms in total. The second-order valence-electron chi connectivity index (χ2n) is 5.38. The molecule has 23 heavy (non-hydrogen) atoms. The van der Waals surface area contributed by atoms with Crippen LogP contribution < -0.4 is 10.6 Å². The quantitative estimate of drug-likeness (QED) is 0.721. The maximum Gasteiger partial charge on any atom is 0.229 e. The molecule has 0 atom stereocenters. The molecule has 1 fully saturated rings. The highest BCUT2D eigenvalue weighted by molar-refractivity contribution is 6.30. The van der Waals surface area contributed by atoms with E-state index in [1.165, 1.54) is 0 Å². The first-order valence-corrected chi connectivity index (χ1v) is 8.09. The van der Waals surface area contributed by atoms with Crippen molar-refractivity contribution in [1.29, 1.82) is 0 Å². The van der Waals surface area contributed by atoms with Gasteiger partial charge >= 0.3 is 0 Å². The van der Waals surface area contributed by atoms with Crippen molar-refractivity contribution in [2.24, 2.45) is 0 Å². The number of halogens is 1. The van der Waals surface area contributed by atoms with Crippen LogP contribution in [-0.4, -0.2) is 56.1 Å². The van der Waals surface area contributed by atoms with Crippen molar-refractivity contribution >= 4 is 23.4 Å². The molecular formula is C16H22ClN3O3. The molecule has 2 amide bonds. The Bertz CT molecular complexity index is 516. The van der Waals surface area contributed by atoms with Gasteiger partial charge < -0.3 is 15.4 Å². The van der Waals surface area contributed by atoms with Gasteiger partial charge in [-0.05, 0) is 17.7 Å². The summed E-state index contributed by atoms with van der Waals surface area (Å²) in [6.45, 7) is 4.96. The fourth-order valence-corrected chi connectivity index (χ4v) is 2.38. The molecule has 0 bridgehead atoms. The summed E-state index contributed by atoms with van der Waals surface area (Å²) < 4.78 is 5.26. The number of morpholine rings is 1. The minimum atomic E-state index is -0.288. The number of carbonyl (C=O) groups excluding carboxylic acids is 2. The van der Waals surface area contributed by atoms with Gasteiger partial charge in [0.15, 0.2) is 0 Å². The first-order chi connectivity index (χ1) is 11.1. The molecule has 1 aromatic carbocycles. The minimum absolute atomic E-state index is 0.156. The van der Waals surface area contributed by atoms with E-state index in [1.54, 1.807) is 12.1 Å². The zero-order valence-corrected chi connectivity index (χ0v) is 13.8. The van der Waals surface area contributed by atoms with Crippen LogP contribution in [0.1, 0.15) is 12.0 Å². The predicted molar refractivity (Wildman–Crippen MR) is 88.2 cm³/mol. The number of benzene rings is 1. The van der Waals surface area contributed by atoms with Crippen LogP contribution in [0.4, 0.5) is 0 Å². The molecule has 0 aliphatic carbocycles. The lowest BCUT2D eigenvalue weighted by Crippen LogP contribution is -2.42. The Balaban J connectivity index is 1.58. The van der Waals surface area contributed by atoms with E-state index in [0.29, 0.717) is 18.1 Å². The van der Waals surface area contributed by atoms with Gasteiger partial charge in [0.25, 0.3) is 0 Å². The van der Waals surface area contributed by atoms with Crippen molar-refractivity contribution in [3.8, 4) is 0 Å². The molecule has 0 aromatic heterocycles. The maximum atomic E-state index is 11.7. The zero-order chi connectivity index (χ0) is 16.5. The largest absolute Gasteiger partial charge is 0.379 e. The number of rotatable bonds is 7. The van der Waals surface area contributed by atoms with Crippen molar-refractivity contribution in [2.45, 2.75) is 13.0 Å². The lowest BCUT2D eigenvalue weighted by molar-refractivity contribution is -0.129. The number of nitrogens with zero attached hydrogens (tertiary/aromatic N) is 1. The van der Waals surface area contributed by atoms with Gasteiger partial charge in [-0.1, -0.05) is 23.7 Å². The summed E-state index contributed by atoms with van der Waals surface area (Å²) in [5, 5.41) is 6.14. The Kier molecular flexibility index (Phi) is 7.32. The van der Waals surface area contributed by atoms with E-state index in [-0.39, 0.29) is 18.2 Å². The van der Waals surface area contributed by atoms with Gasteiger partial charge in [-0.15, -0.1) is 0 Å². The lowest BCUT2D eigenvalue weighted by Gasteiger charge is -2.26. The molecule has 1 saturated heterocycles. The summed E-state index contributed by atoms with van der Waals surface area (Å²) in [7, 11) is 0.